The van der Waals surface area contributed by atoms with Gasteiger partial charge in [0.1, 0.15) is 23.1 Å². The third-order valence-corrected chi connectivity index (χ3v) is 6.86. The molecule has 5 aromatic heterocycles. The quantitative estimate of drug-likeness (QED) is 0.0349. The van der Waals surface area contributed by atoms with Gasteiger partial charge in [-0.15, -0.1) is 0 Å². The van der Waals surface area contributed by atoms with Crippen LogP contribution in [-0.4, -0.2) is 55.1 Å². The number of aryl methyl sites for hydroxylation is 1. The first-order valence-electron chi connectivity index (χ1n) is 14.2. The Bertz CT molecular complexity index is 2240. The van der Waals surface area contributed by atoms with Gasteiger partial charge in [-0.2, -0.15) is 5.16 Å². The zero-order chi connectivity index (χ0) is 35.9. The second-order valence-electron chi connectivity index (χ2n) is 9.65. The molecule has 0 amide bonds. The van der Waals surface area contributed by atoms with Crippen LogP contribution in [0.25, 0.3) is 61.0 Å². The van der Waals surface area contributed by atoms with Gasteiger partial charge in [0.15, 0.2) is 0 Å². The number of thiocarbonyl (C=S) groups is 1. The van der Waals surface area contributed by atoms with Crippen LogP contribution in [0.1, 0.15) is 5.56 Å². The van der Waals surface area contributed by atoms with Gasteiger partial charge in [0.25, 0.3) is 12.9 Å². The minimum Gasteiger partial charge on any atom is -0.753 e. The number of methoxy groups -OCH3 is 1. The Labute approximate surface area is 314 Å². The molecular formula is C35H24N8O5RuS2. The van der Waals surface area contributed by atoms with Gasteiger partial charge in [0.05, 0.1) is 40.6 Å². The van der Waals surface area contributed by atoms with E-state index in [2.05, 4.69) is 62.8 Å². The van der Waals surface area contributed by atoms with E-state index in [1.807, 2.05) is 36.4 Å². The maximum atomic E-state index is 10.2. The summed E-state index contributed by atoms with van der Waals surface area (Å²) in [6.45, 7) is 2.73. The first-order chi connectivity index (χ1) is 24.4. The van der Waals surface area contributed by atoms with Crippen LogP contribution in [0.5, 0.6) is 17.2 Å². The number of hydrogen-bond donors (Lipinski definition) is 1. The first kappa shape index (κ1) is 39.3. The molecule has 1 N–H and O–H groups in total. The van der Waals surface area contributed by atoms with Gasteiger partial charge in [-0.25, -0.2) is 10.2 Å². The van der Waals surface area contributed by atoms with E-state index in [0.717, 1.165) is 55.5 Å². The van der Waals surface area contributed by atoms with Crippen LogP contribution >= 0.6 is 12.2 Å². The monoisotopic (exact) mass is 802 g/mol. The van der Waals surface area contributed by atoms with Gasteiger partial charge < -0.3 is 37.2 Å². The zero-order valence-corrected chi connectivity index (χ0v) is 30.0. The molecule has 0 aliphatic carbocycles. The summed E-state index contributed by atoms with van der Waals surface area (Å²) in [5, 5.41) is 19.0. The number of carbonyl (C=O) groups is 2. The average Bonchev–Trinajstić information content (AvgIpc) is 3.60. The summed E-state index contributed by atoms with van der Waals surface area (Å²) in [6, 6.07) is 20.2. The van der Waals surface area contributed by atoms with Crippen LogP contribution in [0.2, 0.25) is 0 Å². The molecule has 0 aliphatic rings. The Morgan fingerprint density at radius 2 is 1.33 bits per heavy atom. The van der Waals surface area contributed by atoms with Gasteiger partial charge in [0, 0.05) is 53.3 Å². The van der Waals surface area contributed by atoms with Crippen LogP contribution in [0.3, 0.4) is 0 Å². The van der Waals surface area contributed by atoms with Crippen LogP contribution in [0, 0.1) is 17.6 Å². The van der Waals surface area contributed by atoms with Gasteiger partial charge >= 0.3 is 19.5 Å². The number of nitriles is 1. The number of nitrogens with one attached hydrogen (secondary N) is 1. The number of pyridine rings is 4. The number of aromatic nitrogens is 6. The Kier molecular flexibility index (Phi) is 15.3. The molecule has 7 rings (SSSR count). The summed E-state index contributed by atoms with van der Waals surface area (Å²) in [7, 11) is 1.67. The van der Waals surface area contributed by atoms with Crippen LogP contribution < -0.4 is 14.2 Å². The van der Waals surface area contributed by atoms with E-state index in [0.29, 0.717) is 35.8 Å². The number of imidazole rings is 1. The molecule has 0 saturated carbocycles. The third-order valence-electron chi connectivity index (χ3n) is 6.86. The van der Waals surface area contributed by atoms with Crippen molar-refractivity contribution < 1.29 is 43.3 Å². The van der Waals surface area contributed by atoms with E-state index in [1.54, 1.807) is 43.8 Å². The summed E-state index contributed by atoms with van der Waals surface area (Å²) in [6.07, 6.45) is 6.57. The van der Waals surface area contributed by atoms with Crippen LogP contribution in [0.15, 0.2) is 91.5 Å². The summed E-state index contributed by atoms with van der Waals surface area (Å²) >= 11 is 7.40. The second-order valence-corrected chi connectivity index (χ2v) is 10.0. The Hall–Kier alpha value is -6.10. The summed E-state index contributed by atoms with van der Waals surface area (Å²) < 4.78 is 14.8. The van der Waals surface area contributed by atoms with Crippen LogP contribution in [0.4, 0.5) is 0 Å². The van der Waals surface area contributed by atoms with Crippen molar-refractivity contribution in [1.29, 1.82) is 5.26 Å². The molecule has 51 heavy (non-hydrogen) atoms. The van der Waals surface area contributed by atoms with Crippen molar-refractivity contribution in [3.8, 4) is 45.4 Å². The maximum absolute atomic E-state index is 10.2. The van der Waals surface area contributed by atoms with Crippen molar-refractivity contribution in [2.24, 2.45) is 0 Å². The predicted octanol–water partition coefficient (Wildman–Crippen LogP) is 6.53. The van der Waals surface area contributed by atoms with E-state index in [4.69, 9.17) is 29.9 Å². The molecule has 0 bridgehead atoms. The molecule has 5 heterocycles. The number of aromatic amines is 1. The van der Waals surface area contributed by atoms with Crippen molar-refractivity contribution in [2.45, 2.75) is 6.92 Å². The minimum absolute atomic E-state index is 0. The Morgan fingerprint density at radius 3 is 1.86 bits per heavy atom. The molecule has 0 fully saturated rings. The van der Waals surface area contributed by atoms with Crippen LogP contribution in [-0.2, 0) is 41.7 Å². The van der Waals surface area contributed by atoms with Crippen molar-refractivity contribution in [3.63, 3.8) is 0 Å². The van der Waals surface area contributed by atoms with Gasteiger partial charge in [-0.3, -0.25) is 29.5 Å². The summed E-state index contributed by atoms with van der Waals surface area (Å²) in [5.74, 6) is 2.35. The van der Waals surface area contributed by atoms with Crippen molar-refractivity contribution >= 4 is 75.8 Å². The number of nitrogens with zero attached hydrogens (tertiary/aromatic N) is 7. The largest absolute Gasteiger partial charge is 2.00 e. The normalized spacial score (nSPS) is 9.51. The number of fused-ring (bicyclic) bond motifs is 6. The molecule has 16 heteroatoms. The van der Waals surface area contributed by atoms with E-state index >= 15 is 0 Å². The van der Waals surface area contributed by atoms with Gasteiger partial charge in [-0.1, -0.05) is 23.7 Å². The molecule has 0 radical (unpaired) electrons. The SMILES string of the molecule is COc1ccc(C)c(-c2nc3c4cccnc4c4ncccc4c3[nH]2)c1.N#C[S-].O=COc1ccnc(-c2cc(OC=O)ccn2)c1.[N-]=C=S.[Ru+2]. The van der Waals surface area contributed by atoms with E-state index in [-0.39, 0.29) is 19.5 Å². The van der Waals surface area contributed by atoms with Crippen molar-refractivity contribution in [1.82, 2.24) is 29.9 Å². The first-order valence-corrected chi connectivity index (χ1v) is 15.1. The van der Waals surface area contributed by atoms with Crippen molar-refractivity contribution in [2.75, 3.05) is 7.11 Å². The number of H-pyrrole nitrogens is 1. The topological polar surface area (TPSA) is 188 Å². The Morgan fingerprint density at radius 1 is 0.804 bits per heavy atom. The fraction of sp³-hybridized carbons (Fsp3) is 0.0571. The number of ether oxygens (including phenoxy) is 3. The Balaban J connectivity index is 0.000000246. The molecule has 0 aliphatic heterocycles. The number of carbonyl (C=O) groups excluding carboxylic acids is 2. The third kappa shape index (κ3) is 9.75. The van der Waals surface area contributed by atoms with E-state index in [1.165, 1.54) is 23.0 Å². The molecule has 0 unspecified atom stereocenters. The minimum atomic E-state index is 0. The summed E-state index contributed by atoms with van der Waals surface area (Å²) in [5.41, 5.74) is 6.81. The molecule has 2 aromatic carbocycles. The van der Waals surface area contributed by atoms with E-state index in [9.17, 15) is 9.59 Å². The summed E-state index contributed by atoms with van der Waals surface area (Å²) in [4.78, 5) is 46.2. The molecule has 0 atom stereocenters. The molecule has 0 spiro atoms. The molecule has 7 aromatic rings. The number of rotatable bonds is 7. The van der Waals surface area contributed by atoms with Gasteiger partial charge in [-0.05, 0) is 61.0 Å². The maximum Gasteiger partial charge on any atom is 2.00 e. The fourth-order valence-electron chi connectivity index (χ4n) is 4.81. The number of hydrogen-bond acceptors (Lipinski definition) is 13. The smallest absolute Gasteiger partial charge is 0.753 e. The fourth-order valence-corrected chi connectivity index (χ4v) is 4.81. The standard InChI is InChI=1S/C21H16N4O.C12H8N2O4.CHNS.CNS.Ru/c1-12-7-8-13(26-2)11-16(12)21-24-19-14-5-3-9-22-17(14)18-15(20(19)25-21)6-4-10-23-18;15-7-17-9-1-3-13-11(5-9)12-6-10(18-8-16)2-4-14-12;2*2-1-3;/h3-11H,1-2H3,(H,24,25);1-8H;3H;;/q;;;-1;+2/p-1. The second kappa shape index (κ2) is 19.8. The number of thiocyanates is 1. The average molecular weight is 802 g/mol. The molecular weight excluding hydrogens is 778 g/mol. The zero-order valence-electron chi connectivity index (χ0n) is 26.7. The molecule has 13 nitrogen and oxygen atoms in total. The van der Waals surface area contributed by atoms with Crippen molar-refractivity contribution in [3.05, 3.63) is 102 Å². The predicted molar refractivity (Wildman–Crippen MR) is 193 cm³/mol. The number of benzene rings is 2. The van der Waals surface area contributed by atoms with Gasteiger partial charge in [0.2, 0.25) is 0 Å². The molecule has 254 valence electrons. The molecule has 0 saturated heterocycles. The number of isothiocyanates is 1. The van der Waals surface area contributed by atoms with E-state index < -0.39 is 0 Å².